The standard InChI is InChI=1S/C14H28O4/c1-4-5-6-7-8-15-11-14-17-9-12(2)16-10-13(3)18-14/h12-14H,4-11H2,1-3H3. The van der Waals surface area contributed by atoms with Crippen molar-refractivity contribution < 1.29 is 18.9 Å². The Labute approximate surface area is 111 Å². The SMILES string of the molecule is CCCCCCOCC1OCC(C)OCC(C)O1. The van der Waals surface area contributed by atoms with Gasteiger partial charge in [0.1, 0.15) is 0 Å². The largest absolute Gasteiger partial charge is 0.376 e. The van der Waals surface area contributed by atoms with E-state index in [1.54, 1.807) is 0 Å². The molecule has 1 rings (SSSR count). The van der Waals surface area contributed by atoms with Gasteiger partial charge in [-0.25, -0.2) is 0 Å². The van der Waals surface area contributed by atoms with Crippen molar-refractivity contribution >= 4 is 0 Å². The highest BCUT2D eigenvalue weighted by Gasteiger charge is 2.19. The number of hydrogen-bond acceptors (Lipinski definition) is 4. The van der Waals surface area contributed by atoms with Crippen molar-refractivity contribution in [2.45, 2.75) is 65.0 Å². The molecule has 0 aromatic heterocycles. The van der Waals surface area contributed by atoms with Crippen LogP contribution in [0.25, 0.3) is 0 Å². The smallest absolute Gasteiger partial charge is 0.181 e. The fraction of sp³-hybridized carbons (Fsp3) is 1.00. The monoisotopic (exact) mass is 260 g/mol. The molecule has 0 radical (unpaired) electrons. The molecule has 3 unspecified atom stereocenters. The summed E-state index contributed by atoms with van der Waals surface area (Å²) in [5.41, 5.74) is 0. The van der Waals surface area contributed by atoms with E-state index in [1.807, 2.05) is 13.8 Å². The third-order valence-electron chi connectivity index (χ3n) is 2.91. The topological polar surface area (TPSA) is 36.9 Å². The summed E-state index contributed by atoms with van der Waals surface area (Å²) in [5.74, 6) is 0. The molecule has 0 spiro atoms. The van der Waals surface area contributed by atoms with Crippen LogP contribution in [0.4, 0.5) is 0 Å². The molecule has 0 aliphatic carbocycles. The summed E-state index contributed by atoms with van der Waals surface area (Å²) < 4.78 is 22.4. The lowest BCUT2D eigenvalue weighted by Gasteiger charge is -2.28. The lowest BCUT2D eigenvalue weighted by Crippen LogP contribution is -2.36. The first-order valence-corrected chi connectivity index (χ1v) is 7.18. The molecule has 0 aromatic rings. The van der Waals surface area contributed by atoms with Crippen LogP contribution in [0.1, 0.15) is 46.5 Å². The maximum absolute atomic E-state index is 5.70. The zero-order valence-corrected chi connectivity index (χ0v) is 12.0. The summed E-state index contributed by atoms with van der Waals surface area (Å²) in [5, 5.41) is 0. The van der Waals surface area contributed by atoms with Gasteiger partial charge in [0.15, 0.2) is 6.29 Å². The number of ether oxygens (including phenoxy) is 4. The summed E-state index contributed by atoms with van der Waals surface area (Å²) in [6.07, 6.45) is 4.83. The van der Waals surface area contributed by atoms with Crippen molar-refractivity contribution in [3.63, 3.8) is 0 Å². The number of rotatable bonds is 7. The van der Waals surface area contributed by atoms with Crippen LogP contribution in [0.15, 0.2) is 0 Å². The van der Waals surface area contributed by atoms with Crippen molar-refractivity contribution in [3.8, 4) is 0 Å². The summed E-state index contributed by atoms with van der Waals surface area (Å²) in [7, 11) is 0. The molecule has 4 nitrogen and oxygen atoms in total. The second kappa shape index (κ2) is 9.73. The average Bonchev–Trinajstić information content (AvgIpc) is 2.35. The molecule has 1 saturated heterocycles. The molecule has 1 aliphatic rings. The van der Waals surface area contributed by atoms with Gasteiger partial charge >= 0.3 is 0 Å². The van der Waals surface area contributed by atoms with E-state index in [4.69, 9.17) is 18.9 Å². The van der Waals surface area contributed by atoms with Crippen molar-refractivity contribution in [1.29, 1.82) is 0 Å². The Hall–Kier alpha value is -0.160. The maximum atomic E-state index is 5.70. The van der Waals surface area contributed by atoms with Gasteiger partial charge in [0.05, 0.1) is 32.0 Å². The summed E-state index contributed by atoms with van der Waals surface area (Å²) >= 11 is 0. The third kappa shape index (κ3) is 7.31. The van der Waals surface area contributed by atoms with Gasteiger partial charge in [0, 0.05) is 6.61 Å². The molecule has 1 aliphatic heterocycles. The minimum Gasteiger partial charge on any atom is -0.376 e. The predicted octanol–water partition coefficient (Wildman–Crippen LogP) is 2.75. The van der Waals surface area contributed by atoms with Gasteiger partial charge in [-0.15, -0.1) is 0 Å². The number of hydrogen-bond donors (Lipinski definition) is 0. The van der Waals surface area contributed by atoms with Crippen molar-refractivity contribution in [1.82, 2.24) is 0 Å². The molecule has 4 heteroatoms. The molecule has 18 heavy (non-hydrogen) atoms. The number of unbranched alkanes of at least 4 members (excludes halogenated alkanes) is 3. The molecule has 3 atom stereocenters. The van der Waals surface area contributed by atoms with Crippen LogP contribution >= 0.6 is 0 Å². The van der Waals surface area contributed by atoms with Crippen LogP contribution in [0.5, 0.6) is 0 Å². The fourth-order valence-corrected chi connectivity index (χ4v) is 1.83. The van der Waals surface area contributed by atoms with E-state index in [-0.39, 0.29) is 18.5 Å². The average molecular weight is 260 g/mol. The van der Waals surface area contributed by atoms with Crippen LogP contribution in [0, 0.1) is 0 Å². The van der Waals surface area contributed by atoms with Crippen LogP contribution < -0.4 is 0 Å². The zero-order chi connectivity index (χ0) is 13.2. The van der Waals surface area contributed by atoms with E-state index in [0.717, 1.165) is 13.0 Å². The Kier molecular flexibility index (Phi) is 8.59. The summed E-state index contributed by atoms with van der Waals surface area (Å²) in [6.45, 7) is 8.72. The summed E-state index contributed by atoms with van der Waals surface area (Å²) in [4.78, 5) is 0. The van der Waals surface area contributed by atoms with Crippen LogP contribution in [0.3, 0.4) is 0 Å². The zero-order valence-electron chi connectivity index (χ0n) is 12.0. The first-order valence-electron chi connectivity index (χ1n) is 7.18. The molecule has 0 N–H and O–H groups in total. The van der Waals surface area contributed by atoms with E-state index in [9.17, 15) is 0 Å². The second-order valence-corrected chi connectivity index (χ2v) is 4.99. The molecule has 1 fully saturated rings. The maximum Gasteiger partial charge on any atom is 0.181 e. The third-order valence-corrected chi connectivity index (χ3v) is 2.91. The molecule has 0 saturated carbocycles. The molecule has 1 heterocycles. The lowest BCUT2D eigenvalue weighted by molar-refractivity contribution is -0.234. The van der Waals surface area contributed by atoms with E-state index < -0.39 is 0 Å². The minimum absolute atomic E-state index is 0.0569. The first-order chi connectivity index (χ1) is 8.72. The van der Waals surface area contributed by atoms with Gasteiger partial charge in [0.2, 0.25) is 0 Å². The van der Waals surface area contributed by atoms with E-state index in [2.05, 4.69) is 6.92 Å². The van der Waals surface area contributed by atoms with Crippen molar-refractivity contribution in [2.75, 3.05) is 26.4 Å². The summed E-state index contributed by atoms with van der Waals surface area (Å²) in [6, 6.07) is 0. The quantitative estimate of drug-likeness (QED) is 0.660. The van der Waals surface area contributed by atoms with Gasteiger partial charge in [-0.1, -0.05) is 26.2 Å². The highest BCUT2D eigenvalue weighted by atomic mass is 16.7. The van der Waals surface area contributed by atoms with Crippen LogP contribution in [-0.4, -0.2) is 44.9 Å². The van der Waals surface area contributed by atoms with Crippen LogP contribution in [-0.2, 0) is 18.9 Å². The van der Waals surface area contributed by atoms with Crippen molar-refractivity contribution in [3.05, 3.63) is 0 Å². The Bertz CT molecular complexity index is 198. The Morgan fingerprint density at radius 1 is 1.00 bits per heavy atom. The van der Waals surface area contributed by atoms with E-state index >= 15 is 0 Å². The second-order valence-electron chi connectivity index (χ2n) is 4.99. The predicted molar refractivity (Wildman–Crippen MR) is 70.7 cm³/mol. The van der Waals surface area contributed by atoms with E-state index in [1.165, 1.54) is 19.3 Å². The van der Waals surface area contributed by atoms with Crippen LogP contribution in [0.2, 0.25) is 0 Å². The Balaban J connectivity index is 2.10. The molecule has 0 bridgehead atoms. The minimum atomic E-state index is -0.252. The molecule has 0 aromatic carbocycles. The van der Waals surface area contributed by atoms with Crippen molar-refractivity contribution in [2.24, 2.45) is 0 Å². The Morgan fingerprint density at radius 3 is 2.56 bits per heavy atom. The lowest BCUT2D eigenvalue weighted by atomic mass is 10.2. The highest BCUT2D eigenvalue weighted by Crippen LogP contribution is 2.09. The highest BCUT2D eigenvalue weighted by molar-refractivity contribution is 4.59. The molecular weight excluding hydrogens is 232 g/mol. The normalized spacial score (nSPS) is 29.8. The molecule has 0 amide bonds. The molecular formula is C14H28O4. The van der Waals surface area contributed by atoms with Gasteiger partial charge in [-0.05, 0) is 20.3 Å². The van der Waals surface area contributed by atoms with Gasteiger partial charge in [-0.3, -0.25) is 0 Å². The molecule has 108 valence electrons. The van der Waals surface area contributed by atoms with E-state index in [0.29, 0.717) is 19.8 Å². The fourth-order valence-electron chi connectivity index (χ4n) is 1.83. The van der Waals surface area contributed by atoms with Gasteiger partial charge in [-0.2, -0.15) is 0 Å². The van der Waals surface area contributed by atoms with Gasteiger partial charge < -0.3 is 18.9 Å². The Morgan fingerprint density at radius 2 is 1.78 bits per heavy atom. The van der Waals surface area contributed by atoms with Gasteiger partial charge in [0.25, 0.3) is 0 Å². The first kappa shape index (κ1) is 15.9.